The summed E-state index contributed by atoms with van der Waals surface area (Å²) in [5.41, 5.74) is 1.39. The van der Waals surface area contributed by atoms with E-state index in [0.29, 0.717) is 35.4 Å². The van der Waals surface area contributed by atoms with Crippen LogP contribution in [0.5, 0.6) is 0 Å². The highest BCUT2D eigenvalue weighted by atomic mass is 35.5. The molecule has 0 atom stereocenters. The summed E-state index contributed by atoms with van der Waals surface area (Å²) >= 11 is 6.13. The maximum Gasteiger partial charge on any atom is 0.160 e. The zero-order valence-corrected chi connectivity index (χ0v) is 13.4. The molecule has 1 aromatic heterocycles. The largest absolute Gasteiger partial charge is 0.207 e. The second-order valence-corrected chi connectivity index (χ2v) is 5.51. The fraction of sp³-hybridized carbons (Fsp3) is 0.111. The Labute approximate surface area is 141 Å². The lowest BCUT2D eigenvalue weighted by Gasteiger charge is -2.15. The van der Waals surface area contributed by atoms with Gasteiger partial charge in [0, 0.05) is 23.3 Å². The molecule has 0 bridgehead atoms. The third kappa shape index (κ3) is 2.87. The number of aryl methyl sites for hydroxylation is 1. The minimum Gasteiger partial charge on any atom is -0.207 e. The normalized spacial score (nSPS) is 10.9. The minimum absolute atomic E-state index is 0.0738. The first-order valence-electron chi connectivity index (χ1n) is 7.28. The number of aromatic nitrogens is 2. The van der Waals surface area contributed by atoms with Gasteiger partial charge >= 0.3 is 0 Å². The Bertz CT molecular complexity index is 875. The molecule has 6 heteroatoms. The van der Waals surface area contributed by atoms with Crippen LogP contribution in [0, 0.1) is 17.5 Å². The van der Waals surface area contributed by atoms with Crippen molar-refractivity contribution in [3.8, 4) is 22.3 Å². The van der Waals surface area contributed by atoms with Crippen molar-refractivity contribution in [3.63, 3.8) is 0 Å². The summed E-state index contributed by atoms with van der Waals surface area (Å²) in [6, 6.07) is 10.2. The smallest absolute Gasteiger partial charge is 0.160 e. The molecule has 0 aliphatic heterocycles. The first kappa shape index (κ1) is 16.5. The number of hydrogen-bond donors (Lipinski definition) is 0. The average Bonchev–Trinajstić information content (AvgIpc) is 2.56. The fourth-order valence-electron chi connectivity index (χ4n) is 2.62. The lowest BCUT2D eigenvalue weighted by atomic mass is 9.93. The van der Waals surface area contributed by atoms with Gasteiger partial charge in [0.25, 0.3) is 0 Å². The highest BCUT2D eigenvalue weighted by Crippen LogP contribution is 2.40. The van der Waals surface area contributed by atoms with Crippen molar-refractivity contribution in [1.29, 1.82) is 0 Å². The molecule has 1 heterocycles. The summed E-state index contributed by atoms with van der Waals surface area (Å²) < 4.78 is 41.9. The van der Waals surface area contributed by atoms with Gasteiger partial charge < -0.3 is 0 Å². The van der Waals surface area contributed by atoms with Crippen LogP contribution in [-0.2, 0) is 6.42 Å². The van der Waals surface area contributed by atoms with Crippen LogP contribution < -0.4 is 0 Å². The van der Waals surface area contributed by atoms with E-state index in [1.54, 1.807) is 24.3 Å². The molecule has 0 amide bonds. The summed E-state index contributed by atoms with van der Waals surface area (Å²) in [5, 5.41) is 7.70. The Morgan fingerprint density at radius 2 is 1.50 bits per heavy atom. The van der Waals surface area contributed by atoms with Crippen LogP contribution >= 0.6 is 11.6 Å². The molecule has 3 rings (SSSR count). The Kier molecular flexibility index (Phi) is 4.53. The number of benzene rings is 2. The lowest BCUT2D eigenvalue weighted by molar-refractivity contribution is 0.548. The molecule has 122 valence electrons. The molecular weight excluding hydrogens is 337 g/mol. The van der Waals surface area contributed by atoms with E-state index in [0.717, 1.165) is 0 Å². The predicted octanol–water partition coefficient (Wildman–Crippen LogP) is 5.44. The lowest BCUT2D eigenvalue weighted by Crippen LogP contribution is -2.03. The Morgan fingerprint density at radius 1 is 0.875 bits per heavy atom. The molecule has 0 spiro atoms. The van der Waals surface area contributed by atoms with E-state index in [4.69, 9.17) is 11.6 Å². The Morgan fingerprint density at radius 3 is 2.08 bits per heavy atom. The summed E-state index contributed by atoms with van der Waals surface area (Å²) in [5.74, 6) is -3.08. The summed E-state index contributed by atoms with van der Waals surface area (Å²) in [6.07, 6.45) is 0.492. The van der Waals surface area contributed by atoms with Crippen molar-refractivity contribution in [3.05, 3.63) is 70.8 Å². The zero-order chi connectivity index (χ0) is 17.3. The van der Waals surface area contributed by atoms with Crippen molar-refractivity contribution >= 4 is 11.6 Å². The molecule has 0 N–H and O–H groups in total. The molecule has 24 heavy (non-hydrogen) atoms. The molecule has 0 unspecified atom stereocenters. The monoisotopic (exact) mass is 348 g/mol. The van der Waals surface area contributed by atoms with Crippen molar-refractivity contribution in [2.24, 2.45) is 0 Å². The van der Waals surface area contributed by atoms with Gasteiger partial charge in [0.05, 0.1) is 11.3 Å². The van der Waals surface area contributed by atoms with Gasteiger partial charge in [-0.15, -0.1) is 5.10 Å². The summed E-state index contributed by atoms with van der Waals surface area (Å²) in [6.45, 7) is 1.85. The van der Waals surface area contributed by atoms with E-state index >= 15 is 0 Å². The van der Waals surface area contributed by atoms with Crippen molar-refractivity contribution < 1.29 is 13.2 Å². The summed E-state index contributed by atoms with van der Waals surface area (Å²) in [7, 11) is 0. The molecule has 0 aliphatic rings. The van der Waals surface area contributed by atoms with Crippen LogP contribution in [0.25, 0.3) is 22.3 Å². The van der Waals surface area contributed by atoms with E-state index < -0.39 is 23.0 Å². The Balaban J connectivity index is 2.41. The van der Waals surface area contributed by atoms with E-state index in [1.165, 1.54) is 0 Å². The first-order valence-corrected chi connectivity index (χ1v) is 7.66. The van der Waals surface area contributed by atoms with Crippen LogP contribution in [0.4, 0.5) is 13.2 Å². The fourth-order valence-corrected chi connectivity index (χ4v) is 2.85. The van der Waals surface area contributed by atoms with Gasteiger partial charge in [0.1, 0.15) is 17.5 Å². The number of hydrogen-bond acceptors (Lipinski definition) is 2. The van der Waals surface area contributed by atoms with Crippen LogP contribution in [0.15, 0.2) is 42.5 Å². The molecule has 2 aromatic carbocycles. The third-order valence-corrected chi connectivity index (χ3v) is 3.92. The molecule has 0 aliphatic carbocycles. The predicted molar refractivity (Wildman–Crippen MR) is 87.2 cm³/mol. The number of nitrogens with zero attached hydrogens (tertiary/aromatic N) is 2. The SMILES string of the molecule is CCc1nnc(Cl)c(-c2c(F)cc(F)cc2F)c1-c1ccccc1. The molecule has 0 saturated carbocycles. The standard InChI is InChI=1S/C18H12ClF3N2/c1-2-14-15(10-6-4-3-5-7-10)17(18(19)24-23-14)16-12(21)8-11(20)9-13(16)22/h3-9H,2H2,1H3. The number of halogens is 4. The van der Waals surface area contributed by atoms with Gasteiger partial charge in [-0.2, -0.15) is 5.10 Å². The van der Waals surface area contributed by atoms with Crippen LogP contribution in [0.2, 0.25) is 5.15 Å². The third-order valence-electron chi connectivity index (χ3n) is 3.66. The first-order chi connectivity index (χ1) is 11.5. The van der Waals surface area contributed by atoms with Crippen LogP contribution in [0.3, 0.4) is 0 Å². The molecule has 0 radical (unpaired) electrons. The van der Waals surface area contributed by atoms with Gasteiger partial charge in [0.15, 0.2) is 5.15 Å². The Hall–Kier alpha value is -2.40. The number of rotatable bonds is 3. The maximum atomic E-state index is 14.3. The molecule has 0 fully saturated rings. The van der Waals surface area contributed by atoms with E-state index in [-0.39, 0.29) is 10.7 Å². The van der Waals surface area contributed by atoms with Gasteiger partial charge in [-0.3, -0.25) is 0 Å². The second-order valence-electron chi connectivity index (χ2n) is 5.15. The topological polar surface area (TPSA) is 25.8 Å². The quantitative estimate of drug-likeness (QED) is 0.629. The van der Waals surface area contributed by atoms with E-state index in [2.05, 4.69) is 10.2 Å². The minimum atomic E-state index is -1.04. The van der Waals surface area contributed by atoms with Crippen molar-refractivity contribution in [1.82, 2.24) is 10.2 Å². The van der Waals surface area contributed by atoms with Crippen LogP contribution in [-0.4, -0.2) is 10.2 Å². The molecule has 0 saturated heterocycles. The van der Waals surface area contributed by atoms with Crippen molar-refractivity contribution in [2.45, 2.75) is 13.3 Å². The zero-order valence-electron chi connectivity index (χ0n) is 12.7. The van der Waals surface area contributed by atoms with E-state index in [1.807, 2.05) is 13.0 Å². The van der Waals surface area contributed by atoms with Gasteiger partial charge in [-0.05, 0) is 12.0 Å². The average molecular weight is 349 g/mol. The highest BCUT2D eigenvalue weighted by Gasteiger charge is 2.24. The van der Waals surface area contributed by atoms with Crippen molar-refractivity contribution in [2.75, 3.05) is 0 Å². The van der Waals surface area contributed by atoms with Crippen LogP contribution in [0.1, 0.15) is 12.6 Å². The van der Waals surface area contributed by atoms with Gasteiger partial charge in [-0.25, -0.2) is 13.2 Å². The summed E-state index contributed by atoms with van der Waals surface area (Å²) in [4.78, 5) is 0. The molecule has 2 nitrogen and oxygen atoms in total. The molecule has 3 aromatic rings. The highest BCUT2D eigenvalue weighted by molar-refractivity contribution is 6.32. The van der Waals surface area contributed by atoms with Gasteiger partial charge in [-0.1, -0.05) is 48.9 Å². The maximum absolute atomic E-state index is 14.3. The van der Waals surface area contributed by atoms with E-state index in [9.17, 15) is 13.2 Å². The van der Waals surface area contributed by atoms with Gasteiger partial charge in [0.2, 0.25) is 0 Å². The molecular formula is C18H12ClF3N2. The second kappa shape index (κ2) is 6.61.